The van der Waals surface area contributed by atoms with E-state index in [2.05, 4.69) is 17.1 Å². The highest BCUT2D eigenvalue weighted by atomic mass is 19.1. The second-order valence-electron chi connectivity index (χ2n) is 4.90. The van der Waals surface area contributed by atoms with E-state index in [9.17, 15) is 4.39 Å². The number of para-hydroxylation sites is 1. The van der Waals surface area contributed by atoms with Crippen molar-refractivity contribution in [2.75, 3.05) is 18.5 Å². The van der Waals surface area contributed by atoms with Crippen LogP contribution >= 0.6 is 0 Å². The highest BCUT2D eigenvalue weighted by Crippen LogP contribution is 2.17. The van der Waals surface area contributed by atoms with E-state index in [0.29, 0.717) is 6.54 Å². The zero-order valence-electron chi connectivity index (χ0n) is 12.1. The van der Waals surface area contributed by atoms with Crippen LogP contribution < -0.4 is 10.2 Å². The van der Waals surface area contributed by atoms with Gasteiger partial charge in [-0.25, -0.2) is 4.39 Å². The molecule has 2 rings (SSSR count). The van der Waals surface area contributed by atoms with E-state index in [1.54, 1.807) is 6.07 Å². The predicted molar refractivity (Wildman–Crippen MR) is 82.3 cm³/mol. The highest BCUT2D eigenvalue weighted by molar-refractivity contribution is 5.46. The summed E-state index contributed by atoms with van der Waals surface area (Å²) in [6.07, 6.45) is 0. The van der Waals surface area contributed by atoms with Gasteiger partial charge in [-0.05, 0) is 36.4 Å². The molecule has 0 fully saturated rings. The summed E-state index contributed by atoms with van der Waals surface area (Å²) in [5, 5.41) is 3.26. The maximum atomic E-state index is 13.9. The molecule has 0 atom stereocenters. The molecule has 0 unspecified atom stereocenters. The molecule has 0 heterocycles. The lowest BCUT2D eigenvalue weighted by molar-refractivity contribution is 0.605. The predicted octanol–water partition coefficient (Wildman–Crippen LogP) is 3.57. The van der Waals surface area contributed by atoms with Crippen LogP contribution in [0.2, 0.25) is 0 Å². The molecule has 3 heteroatoms. The van der Waals surface area contributed by atoms with Crippen molar-refractivity contribution in [3.63, 3.8) is 0 Å². The normalized spacial score (nSPS) is 10.6. The van der Waals surface area contributed by atoms with Crippen molar-refractivity contribution in [3.05, 3.63) is 65.5 Å². The van der Waals surface area contributed by atoms with Crippen molar-refractivity contribution in [3.8, 4) is 0 Å². The number of nitrogens with zero attached hydrogens (tertiary/aromatic N) is 1. The summed E-state index contributed by atoms with van der Waals surface area (Å²) >= 11 is 0. The van der Waals surface area contributed by atoms with E-state index in [1.807, 2.05) is 49.5 Å². The third-order valence-electron chi connectivity index (χ3n) is 3.29. The Morgan fingerprint density at radius 2 is 1.85 bits per heavy atom. The fourth-order valence-corrected chi connectivity index (χ4v) is 2.16. The molecule has 0 saturated carbocycles. The molecule has 0 aromatic heterocycles. The molecule has 0 aliphatic heterocycles. The fourth-order valence-electron chi connectivity index (χ4n) is 2.16. The van der Waals surface area contributed by atoms with Gasteiger partial charge in [0, 0.05) is 31.4 Å². The van der Waals surface area contributed by atoms with Gasteiger partial charge < -0.3 is 10.2 Å². The Balaban J connectivity index is 2.11. The molecule has 2 aromatic carbocycles. The lowest BCUT2D eigenvalue weighted by atomic mass is 10.1. The zero-order chi connectivity index (χ0) is 14.4. The largest absolute Gasteiger partial charge is 0.370 e. The third kappa shape index (κ3) is 3.81. The monoisotopic (exact) mass is 272 g/mol. The van der Waals surface area contributed by atoms with E-state index in [4.69, 9.17) is 0 Å². The second kappa shape index (κ2) is 7.06. The van der Waals surface area contributed by atoms with E-state index < -0.39 is 0 Å². The first-order valence-electron chi connectivity index (χ1n) is 6.95. The van der Waals surface area contributed by atoms with Crippen molar-refractivity contribution < 1.29 is 4.39 Å². The number of halogens is 1. The van der Waals surface area contributed by atoms with E-state index in [-0.39, 0.29) is 5.82 Å². The maximum Gasteiger partial charge on any atom is 0.128 e. The van der Waals surface area contributed by atoms with Crippen molar-refractivity contribution in [1.29, 1.82) is 0 Å². The number of benzene rings is 2. The van der Waals surface area contributed by atoms with Gasteiger partial charge in [0.25, 0.3) is 0 Å². The van der Waals surface area contributed by atoms with Gasteiger partial charge in [-0.1, -0.05) is 31.2 Å². The molecule has 0 saturated heterocycles. The summed E-state index contributed by atoms with van der Waals surface area (Å²) in [6.45, 7) is 4.32. The average molecular weight is 272 g/mol. The topological polar surface area (TPSA) is 15.3 Å². The molecule has 0 aliphatic rings. The number of hydrogen-bond acceptors (Lipinski definition) is 2. The molecule has 0 spiro atoms. The quantitative estimate of drug-likeness (QED) is 0.865. The van der Waals surface area contributed by atoms with Gasteiger partial charge >= 0.3 is 0 Å². The second-order valence-corrected chi connectivity index (χ2v) is 4.90. The molecule has 0 radical (unpaired) electrons. The Kier molecular flexibility index (Phi) is 5.13. The smallest absolute Gasteiger partial charge is 0.128 e. The molecule has 0 bridgehead atoms. The molecule has 106 valence electrons. The van der Waals surface area contributed by atoms with Crippen LogP contribution in [0.4, 0.5) is 10.1 Å². The maximum absolute atomic E-state index is 13.9. The number of hydrogen-bond donors (Lipinski definition) is 1. The van der Waals surface area contributed by atoms with Crippen LogP contribution in [0, 0.1) is 5.82 Å². The van der Waals surface area contributed by atoms with Crippen LogP contribution in [-0.2, 0) is 13.1 Å². The molecule has 0 amide bonds. The van der Waals surface area contributed by atoms with E-state index in [0.717, 1.165) is 29.9 Å². The Morgan fingerprint density at radius 1 is 1.10 bits per heavy atom. The SMILES string of the molecule is CCNCc1ccc(F)c(CN(C)c2ccccc2)c1. The molecule has 20 heavy (non-hydrogen) atoms. The number of rotatable bonds is 6. The van der Waals surface area contributed by atoms with Crippen molar-refractivity contribution in [1.82, 2.24) is 5.32 Å². The lowest BCUT2D eigenvalue weighted by Gasteiger charge is -2.20. The van der Waals surface area contributed by atoms with Crippen LogP contribution in [0.5, 0.6) is 0 Å². The molecule has 0 aliphatic carbocycles. The van der Waals surface area contributed by atoms with Crippen LogP contribution in [-0.4, -0.2) is 13.6 Å². The first-order valence-corrected chi connectivity index (χ1v) is 6.95. The molecule has 1 N–H and O–H groups in total. The Bertz CT molecular complexity index is 540. The Labute approximate surface area is 120 Å². The number of nitrogens with one attached hydrogen (secondary N) is 1. The van der Waals surface area contributed by atoms with Crippen molar-refractivity contribution in [2.24, 2.45) is 0 Å². The van der Waals surface area contributed by atoms with Crippen molar-refractivity contribution in [2.45, 2.75) is 20.0 Å². The molecular formula is C17H21FN2. The summed E-state index contributed by atoms with van der Waals surface area (Å²) in [4.78, 5) is 2.05. The Hall–Kier alpha value is -1.87. The minimum atomic E-state index is -0.145. The fraction of sp³-hybridized carbons (Fsp3) is 0.294. The van der Waals surface area contributed by atoms with Crippen LogP contribution in [0.15, 0.2) is 48.5 Å². The van der Waals surface area contributed by atoms with Gasteiger partial charge in [0.05, 0.1) is 0 Å². The average Bonchev–Trinajstić information content (AvgIpc) is 2.49. The molecular weight excluding hydrogens is 251 g/mol. The van der Waals surface area contributed by atoms with Crippen LogP contribution in [0.1, 0.15) is 18.1 Å². The van der Waals surface area contributed by atoms with Crippen LogP contribution in [0.3, 0.4) is 0 Å². The first kappa shape index (κ1) is 14.5. The van der Waals surface area contributed by atoms with E-state index in [1.165, 1.54) is 0 Å². The van der Waals surface area contributed by atoms with Gasteiger partial charge in [0.1, 0.15) is 5.82 Å². The van der Waals surface area contributed by atoms with E-state index >= 15 is 0 Å². The van der Waals surface area contributed by atoms with Gasteiger partial charge in [0.2, 0.25) is 0 Å². The van der Waals surface area contributed by atoms with Gasteiger partial charge in [-0.15, -0.1) is 0 Å². The standard InChI is InChI=1S/C17H21FN2/c1-3-19-12-14-9-10-17(18)15(11-14)13-20(2)16-7-5-4-6-8-16/h4-11,19H,3,12-13H2,1-2H3. The van der Waals surface area contributed by atoms with Gasteiger partial charge in [0.15, 0.2) is 0 Å². The lowest BCUT2D eigenvalue weighted by Crippen LogP contribution is -2.18. The molecule has 2 nitrogen and oxygen atoms in total. The summed E-state index contributed by atoms with van der Waals surface area (Å²) < 4.78 is 13.9. The summed E-state index contributed by atoms with van der Waals surface area (Å²) in [5.41, 5.74) is 2.93. The minimum Gasteiger partial charge on any atom is -0.370 e. The minimum absolute atomic E-state index is 0.145. The summed E-state index contributed by atoms with van der Waals surface area (Å²) in [6, 6.07) is 15.4. The zero-order valence-corrected chi connectivity index (χ0v) is 12.1. The van der Waals surface area contributed by atoms with Gasteiger partial charge in [-0.2, -0.15) is 0 Å². The Morgan fingerprint density at radius 3 is 2.55 bits per heavy atom. The summed E-state index contributed by atoms with van der Waals surface area (Å²) in [7, 11) is 1.98. The summed E-state index contributed by atoms with van der Waals surface area (Å²) in [5.74, 6) is -0.145. The molecule has 2 aromatic rings. The highest BCUT2D eigenvalue weighted by Gasteiger charge is 2.07. The number of anilines is 1. The third-order valence-corrected chi connectivity index (χ3v) is 3.29. The first-order chi connectivity index (χ1) is 9.70. The van der Waals surface area contributed by atoms with Crippen LogP contribution in [0.25, 0.3) is 0 Å². The van der Waals surface area contributed by atoms with Gasteiger partial charge in [-0.3, -0.25) is 0 Å². The van der Waals surface area contributed by atoms with Crippen molar-refractivity contribution >= 4 is 5.69 Å².